The molecule has 0 radical (unpaired) electrons. The first kappa shape index (κ1) is 13.5. The van der Waals surface area contributed by atoms with Crippen molar-refractivity contribution in [1.29, 1.82) is 0 Å². The van der Waals surface area contributed by atoms with E-state index in [0.717, 1.165) is 12.8 Å². The zero-order chi connectivity index (χ0) is 12.0. The SMILES string of the molecule is CCCC(CN)C(=O)NC(C)C1CCCC1. The summed E-state index contributed by atoms with van der Waals surface area (Å²) in [5, 5.41) is 3.14. The van der Waals surface area contributed by atoms with Gasteiger partial charge in [0.1, 0.15) is 0 Å². The van der Waals surface area contributed by atoms with Crippen LogP contribution in [0.2, 0.25) is 0 Å². The second kappa shape index (κ2) is 6.89. The predicted molar refractivity (Wildman–Crippen MR) is 67.0 cm³/mol. The second-order valence-electron chi connectivity index (χ2n) is 5.06. The van der Waals surface area contributed by atoms with E-state index in [-0.39, 0.29) is 11.8 Å². The molecule has 0 aliphatic heterocycles. The van der Waals surface area contributed by atoms with Crippen LogP contribution in [-0.2, 0) is 4.79 Å². The van der Waals surface area contributed by atoms with E-state index in [0.29, 0.717) is 18.5 Å². The van der Waals surface area contributed by atoms with E-state index in [9.17, 15) is 4.79 Å². The van der Waals surface area contributed by atoms with E-state index in [4.69, 9.17) is 5.73 Å². The van der Waals surface area contributed by atoms with Crippen LogP contribution >= 0.6 is 0 Å². The van der Waals surface area contributed by atoms with Crippen molar-refractivity contribution in [1.82, 2.24) is 5.32 Å². The molecule has 3 N–H and O–H groups in total. The van der Waals surface area contributed by atoms with E-state index >= 15 is 0 Å². The normalized spacial score (nSPS) is 20.7. The monoisotopic (exact) mass is 226 g/mol. The Morgan fingerprint density at radius 3 is 2.56 bits per heavy atom. The molecule has 2 atom stereocenters. The molecule has 1 saturated carbocycles. The summed E-state index contributed by atoms with van der Waals surface area (Å²) >= 11 is 0. The molecule has 0 aromatic carbocycles. The van der Waals surface area contributed by atoms with Gasteiger partial charge < -0.3 is 11.1 Å². The highest BCUT2D eigenvalue weighted by Gasteiger charge is 2.24. The summed E-state index contributed by atoms with van der Waals surface area (Å²) in [4.78, 5) is 11.9. The van der Waals surface area contributed by atoms with Gasteiger partial charge in [-0.2, -0.15) is 0 Å². The minimum atomic E-state index is 0.00820. The predicted octanol–water partition coefficient (Wildman–Crippen LogP) is 2.06. The molecule has 3 heteroatoms. The third kappa shape index (κ3) is 3.78. The van der Waals surface area contributed by atoms with Crippen LogP contribution in [0.15, 0.2) is 0 Å². The highest BCUT2D eigenvalue weighted by molar-refractivity contribution is 5.79. The molecule has 0 spiro atoms. The van der Waals surface area contributed by atoms with Crippen molar-refractivity contribution in [3.8, 4) is 0 Å². The molecule has 3 nitrogen and oxygen atoms in total. The van der Waals surface area contributed by atoms with Crippen LogP contribution in [0.25, 0.3) is 0 Å². The summed E-state index contributed by atoms with van der Waals surface area (Å²) in [5.74, 6) is 0.849. The zero-order valence-corrected chi connectivity index (χ0v) is 10.7. The van der Waals surface area contributed by atoms with Gasteiger partial charge in [-0.05, 0) is 32.1 Å². The van der Waals surface area contributed by atoms with Gasteiger partial charge in [-0.3, -0.25) is 4.79 Å². The van der Waals surface area contributed by atoms with Crippen LogP contribution in [0, 0.1) is 11.8 Å². The van der Waals surface area contributed by atoms with Crippen LogP contribution in [0.4, 0.5) is 0 Å². The molecule has 1 aliphatic carbocycles. The average Bonchev–Trinajstić information content (AvgIpc) is 2.78. The molecule has 0 saturated heterocycles. The maximum absolute atomic E-state index is 11.9. The van der Waals surface area contributed by atoms with Crippen molar-refractivity contribution in [3.63, 3.8) is 0 Å². The fourth-order valence-corrected chi connectivity index (χ4v) is 2.62. The third-order valence-corrected chi connectivity index (χ3v) is 3.77. The van der Waals surface area contributed by atoms with E-state index in [1.54, 1.807) is 0 Å². The number of hydrogen-bond acceptors (Lipinski definition) is 2. The fourth-order valence-electron chi connectivity index (χ4n) is 2.62. The fraction of sp³-hybridized carbons (Fsp3) is 0.923. The Labute approximate surface area is 99.2 Å². The largest absolute Gasteiger partial charge is 0.353 e. The Morgan fingerprint density at radius 2 is 2.06 bits per heavy atom. The first-order valence-electron chi connectivity index (χ1n) is 6.69. The van der Waals surface area contributed by atoms with Gasteiger partial charge in [0.25, 0.3) is 0 Å². The van der Waals surface area contributed by atoms with Gasteiger partial charge in [0, 0.05) is 12.6 Å². The van der Waals surface area contributed by atoms with Crippen LogP contribution in [0.5, 0.6) is 0 Å². The topological polar surface area (TPSA) is 55.1 Å². The minimum Gasteiger partial charge on any atom is -0.353 e. The van der Waals surface area contributed by atoms with Gasteiger partial charge in [-0.1, -0.05) is 26.2 Å². The van der Waals surface area contributed by atoms with Crippen LogP contribution in [0.1, 0.15) is 52.4 Å². The smallest absolute Gasteiger partial charge is 0.224 e. The summed E-state index contributed by atoms with van der Waals surface area (Å²) in [5.41, 5.74) is 5.63. The number of carbonyl (C=O) groups excluding carboxylic acids is 1. The average molecular weight is 226 g/mol. The van der Waals surface area contributed by atoms with Crippen molar-refractivity contribution in [2.75, 3.05) is 6.54 Å². The molecule has 2 unspecified atom stereocenters. The van der Waals surface area contributed by atoms with E-state index in [1.807, 2.05) is 0 Å². The molecule has 94 valence electrons. The van der Waals surface area contributed by atoms with Gasteiger partial charge in [0.2, 0.25) is 5.91 Å². The number of rotatable bonds is 6. The van der Waals surface area contributed by atoms with Crippen molar-refractivity contribution < 1.29 is 4.79 Å². The summed E-state index contributed by atoms with van der Waals surface area (Å²) in [6, 6.07) is 0.320. The molecule has 1 amide bonds. The number of amides is 1. The van der Waals surface area contributed by atoms with Gasteiger partial charge in [0.05, 0.1) is 5.92 Å². The number of nitrogens with one attached hydrogen (secondary N) is 1. The Kier molecular flexibility index (Phi) is 5.81. The summed E-state index contributed by atoms with van der Waals surface area (Å²) < 4.78 is 0. The molecular weight excluding hydrogens is 200 g/mol. The summed E-state index contributed by atoms with van der Waals surface area (Å²) in [7, 11) is 0. The molecule has 0 heterocycles. The molecule has 1 aliphatic rings. The highest BCUT2D eigenvalue weighted by atomic mass is 16.1. The number of carbonyl (C=O) groups is 1. The molecule has 1 fully saturated rings. The molecule has 1 rings (SSSR count). The Hall–Kier alpha value is -0.570. The molecule has 0 aromatic heterocycles. The molecule has 0 aromatic rings. The van der Waals surface area contributed by atoms with Crippen LogP contribution in [-0.4, -0.2) is 18.5 Å². The third-order valence-electron chi connectivity index (χ3n) is 3.77. The van der Waals surface area contributed by atoms with Crippen LogP contribution < -0.4 is 11.1 Å². The highest BCUT2D eigenvalue weighted by Crippen LogP contribution is 2.27. The van der Waals surface area contributed by atoms with E-state index < -0.39 is 0 Å². The molecule has 16 heavy (non-hydrogen) atoms. The Balaban J connectivity index is 2.36. The van der Waals surface area contributed by atoms with Gasteiger partial charge in [-0.15, -0.1) is 0 Å². The summed E-state index contributed by atoms with van der Waals surface area (Å²) in [6.45, 7) is 4.70. The molecule has 0 bridgehead atoms. The van der Waals surface area contributed by atoms with Crippen molar-refractivity contribution in [2.45, 2.75) is 58.4 Å². The first-order valence-corrected chi connectivity index (χ1v) is 6.69. The standard InChI is InChI=1S/C13H26N2O/c1-3-6-12(9-14)13(16)15-10(2)11-7-4-5-8-11/h10-12H,3-9,14H2,1-2H3,(H,15,16). The zero-order valence-electron chi connectivity index (χ0n) is 10.7. The maximum atomic E-state index is 11.9. The lowest BCUT2D eigenvalue weighted by Crippen LogP contribution is -2.42. The lowest BCUT2D eigenvalue weighted by atomic mass is 9.97. The van der Waals surface area contributed by atoms with Gasteiger partial charge in [0.15, 0.2) is 0 Å². The second-order valence-corrected chi connectivity index (χ2v) is 5.06. The van der Waals surface area contributed by atoms with E-state index in [2.05, 4.69) is 19.2 Å². The van der Waals surface area contributed by atoms with Crippen LogP contribution in [0.3, 0.4) is 0 Å². The van der Waals surface area contributed by atoms with Crippen molar-refractivity contribution in [2.24, 2.45) is 17.6 Å². The van der Waals surface area contributed by atoms with Crippen molar-refractivity contribution in [3.05, 3.63) is 0 Å². The Morgan fingerprint density at radius 1 is 1.44 bits per heavy atom. The lowest BCUT2D eigenvalue weighted by molar-refractivity contribution is -0.125. The maximum Gasteiger partial charge on any atom is 0.224 e. The van der Waals surface area contributed by atoms with Gasteiger partial charge >= 0.3 is 0 Å². The van der Waals surface area contributed by atoms with Gasteiger partial charge in [-0.25, -0.2) is 0 Å². The summed E-state index contributed by atoms with van der Waals surface area (Å²) in [6.07, 6.45) is 7.10. The van der Waals surface area contributed by atoms with E-state index in [1.165, 1.54) is 25.7 Å². The number of hydrogen-bond donors (Lipinski definition) is 2. The minimum absolute atomic E-state index is 0.00820. The van der Waals surface area contributed by atoms with Crippen molar-refractivity contribution >= 4 is 5.91 Å². The lowest BCUT2D eigenvalue weighted by Gasteiger charge is -2.23. The number of nitrogens with two attached hydrogens (primary N) is 1. The first-order chi connectivity index (χ1) is 7.69. The Bertz CT molecular complexity index is 212. The molecular formula is C13H26N2O. The quantitative estimate of drug-likeness (QED) is 0.728.